The van der Waals surface area contributed by atoms with Crippen molar-refractivity contribution in [2.24, 2.45) is 0 Å². The number of unbranched alkanes of at least 4 members (excludes halogenated alkanes) is 3. The predicted octanol–water partition coefficient (Wildman–Crippen LogP) is 4.68. The topological polar surface area (TPSA) is 52.6 Å². The maximum atomic E-state index is 11.6. The van der Waals surface area contributed by atoms with Crippen LogP contribution in [0.15, 0.2) is 24.3 Å². The number of hydrogen-bond donors (Lipinski definition) is 0. The van der Waals surface area contributed by atoms with Gasteiger partial charge in [-0.3, -0.25) is 9.59 Å². The number of hydrogen-bond acceptors (Lipinski definition) is 4. The molecule has 4 nitrogen and oxygen atoms in total. The zero-order valence-electron chi connectivity index (χ0n) is 13.7. The van der Waals surface area contributed by atoms with E-state index in [1.807, 2.05) is 12.1 Å². The van der Waals surface area contributed by atoms with Gasteiger partial charge in [0.05, 0.1) is 6.61 Å². The fraction of sp³-hybridized carbons (Fsp3) is 0.556. The zero-order chi connectivity index (χ0) is 16.9. The first-order valence-corrected chi connectivity index (χ1v) is 8.55. The molecule has 0 heterocycles. The number of carbonyl (C=O) groups excluding carboxylic acids is 2. The Morgan fingerprint density at radius 3 is 2.43 bits per heavy atom. The molecule has 0 saturated heterocycles. The first-order chi connectivity index (χ1) is 11.1. The van der Waals surface area contributed by atoms with Gasteiger partial charge in [0.1, 0.15) is 6.61 Å². The Kier molecular flexibility index (Phi) is 10.1. The summed E-state index contributed by atoms with van der Waals surface area (Å²) in [6, 6.07) is 7.17. The second kappa shape index (κ2) is 11.9. The van der Waals surface area contributed by atoms with Crippen molar-refractivity contribution in [3.63, 3.8) is 0 Å². The second-order valence-corrected chi connectivity index (χ2v) is 5.86. The molecule has 0 saturated carbocycles. The number of benzene rings is 1. The van der Waals surface area contributed by atoms with Crippen LogP contribution in [0.2, 0.25) is 5.02 Å². The van der Waals surface area contributed by atoms with Gasteiger partial charge in [0.15, 0.2) is 0 Å². The van der Waals surface area contributed by atoms with E-state index in [4.69, 9.17) is 21.1 Å². The number of carbonyl (C=O) groups is 2. The SMILES string of the molecule is CCCCCCOC(=O)CCCC(=O)OCc1cccc(Cl)c1. The quantitative estimate of drug-likeness (QED) is 0.433. The Bertz CT molecular complexity index is 488. The van der Waals surface area contributed by atoms with Crippen LogP contribution in [0.25, 0.3) is 0 Å². The van der Waals surface area contributed by atoms with Crippen LogP contribution in [0.3, 0.4) is 0 Å². The van der Waals surface area contributed by atoms with Gasteiger partial charge in [0.2, 0.25) is 0 Å². The van der Waals surface area contributed by atoms with Gasteiger partial charge in [0.25, 0.3) is 0 Å². The first-order valence-electron chi connectivity index (χ1n) is 8.17. The maximum Gasteiger partial charge on any atom is 0.306 e. The summed E-state index contributed by atoms with van der Waals surface area (Å²) in [5, 5.41) is 0.611. The lowest BCUT2D eigenvalue weighted by atomic mass is 10.2. The van der Waals surface area contributed by atoms with Crippen LogP contribution in [0, 0.1) is 0 Å². The van der Waals surface area contributed by atoms with Gasteiger partial charge in [0, 0.05) is 17.9 Å². The molecule has 0 spiro atoms. The molecule has 23 heavy (non-hydrogen) atoms. The molecule has 0 bridgehead atoms. The Balaban J connectivity index is 2.06. The van der Waals surface area contributed by atoms with Crippen molar-refractivity contribution in [1.29, 1.82) is 0 Å². The number of ether oxygens (including phenoxy) is 2. The lowest BCUT2D eigenvalue weighted by Crippen LogP contribution is -2.08. The molecule has 0 aliphatic carbocycles. The van der Waals surface area contributed by atoms with Crippen molar-refractivity contribution in [1.82, 2.24) is 0 Å². The van der Waals surface area contributed by atoms with E-state index >= 15 is 0 Å². The van der Waals surface area contributed by atoms with Gasteiger partial charge in [-0.25, -0.2) is 0 Å². The lowest BCUT2D eigenvalue weighted by molar-refractivity contribution is -0.146. The Morgan fingerprint density at radius 2 is 1.74 bits per heavy atom. The highest BCUT2D eigenvalue weighted by Crippen LogP contribution is 2.12. The largest absolute Gasteiger partial charge is 0.466 e. The standard InChI is InChI=1S/C18H25ClO4/c1-2-3-4-5-12-22-17(20)10-7-11-18(21)23-14-15-8-6-9-16(19)13-15/h6,8-9,13H,2-5,7,10-12,14H2,1H3. The van der Waals surface area contributed by atoms with Gasteiger partial charge in [-0.05, 0) is 30.5 Å². The molecular formula is C18H25ClO4. The monoisotopic (exact) mass is 340 g/mol. The summed E-state index contributed by atoms with van der Waals surface area (Å²) in [4.78, 5) is 23.1. The first kappa shape index (κ1) is 19.5. The molecule has 1 aromatic carbocycles. The number of halogens is 1. The molecule has 128 valence electrons. The summed E-state index contributed by atoms with van der Waals surface area (Å²) >= 11 is 5.86. The van der Waals surface area contributed by atoms with Crippen molar-refractivity contribution in [3.8, 4) is 0 Å². The number of esters is 2. The molecule has 1 aromatic rings. The van der Waals surface area contributed by atoms with Crippen LogP contribution in [0.5, 0.6) is 0 Å². The predicted molar refractivity (Wildman–Crippen MR) is 90.2 cm³/mol. The molecule has 0 aliphatic rings. The minimum Gasteiger partial charge on any atom is -0.466 e. The fourth-order valence-corrected chi connectivity index (χ4v) is 2.24. The Labute approximate surface area is 143 Å². The van der Waals surface area contributed by atoms with Crippen molar-refractivity contribution in [2.75, 3.05) is 6.61 Å². The van der Waals surface area contributed by atoms with Gasteiger partial charge in [-0.2, -0.15) is 0 Å². The molecule has 0 unspecified atom stereocenters. The average molecular weight is 341 g/mol. The third-order valence-corrected chi connectivity index (χ3v) is 3.55. The highest BCUT2D eigenvalue weighted by Gasteiger charge is 2.07. The molecule has 0 atom stereocenters. The summed E-state index contributed by atoms with van der Waals surface area (Å²) < 4.78 is 10.2. The molecule has 5 heteroatoms. The van der Waals surface area contributed by atoms with Crippen LogP contribution in [0.4, 0.5) is 0 Å². The molecule has 0 radical (unpaired) electrons. The van der Waals surface area contributed by atoms with Gasteiger partial charge in [-0.15, -0.1) is 0 Å². The van der Waals surface area contributed by atoms with Crippen molar-refractivity contribution < 1.29 is 19.1 Å². The normalized spacial score (nSPS) is 10.3. The van der Waals surface area contributed by atoms with E-state index in [1.54, 1.807) is 12.1 Å². The minimum absolute atomic E-state index is 0.196. The van der Waals surface area contributed by atoms with Crippen LogP contribution in [-0.4, -0.2) is 18.5 Å². The van der Waals surface area contributed by atoms with E-state index in [0.29, 0.717) is 18.1 Å². The summed E-state index contributed by atoms with van der Waals surface area (Å²) in [7, 11) is 0. The Morgan fingerprint density at radius 1 is 1.00 bits per heavy atom. The van der Waals surface area contributed by atoms with E-state index in [0.717, 1.165) is 31.2 Å². The summed E-state index contributed by atoms with van der Waals surface area (Å²) in [5.74, 6) is -0.565. The number of rotatable bonds is 11. The van der Waals surface area contributed by atoms with Crippen LogP contribution in [-0.2, 0) is 25.7 Å². The molecule has 0 aliphatic heterocycles. The molecule has 0 fully saturated rings. The van der Waals surface area contributed by atoms with Crippen molar-refractivity contribution in [2.45, 2.75) is 58.5 Å². The summed E-state index contributed by atoms with van der Waals surface area (Å²) in [6.45, 7) is 2.80. The molecular weight excluding hydrogens is 316 g/mol. The second-order valence-electron chi connectivity index (χ2n) is 5.43. The molecule has 0 aromatic heterocycles. The van der Waals surface area contributed by atoms with Gasteiger partial charge >= 0.3 is 11.9 Å². The van der Waals surface area contributed by atoms with E-state index in [1.165, 1.54) is 0 Å². The zero-order valence-corrected chi connectivity index (χ0v) is 14.4. The smallest absolute Gasteiger partial charge is 0.306 e. The Hall–Kier alpha value is -1.55. The highest BCUT2D eigenvalue weighted by atomic mass is 35.5. The molecule has 0 N–H and O–H groups in total. The van der Waals surface area contributed by atoms with Crippen LogP contribution in [0.1, 0.15) is 57.4 Å². The third-order valence-electron chi connectivity index (χ3n) is 3.31. The summed E-state index contributed by atoms with van der Waals surface area (Å²) in [5.41, 5.74) is 0.845. The van der Waals surface area contributed by atoms with Gasteiger partial charge in [-0.1, -0.05) is 49.9 Å². The van der Waals surface area contributed by atoms with E-state index < -0.39 is 0 Å². The van der Waals surface area contributed by atoms with E-state index in [-0.39, 0.29) is 31.4 Å². The average Bonchev–Trinajstić information content (AvgIpc) is 2.53. The summed E-state index contributed by atoms with van der Waals surface area (Å²) in [6.07, 6.45) is 5.22. The minimum atomic E-state index is -0.319. The highest BCUT2D eigenvalue weighted by molar-refractivity contribution is 6.30. The molecule has 0 amide bonds. The van der Waals surface area contributed by atoms with Crippen molar-refractivity contribution >= 4 is 23.5 Å². The van der Waals surface area contributed by atoms with Crippen LogP contribution < -0.4 is 0 Å². The van der Waals surface area contributed by atoms with E-state index in [2.05, 4.69) is 6.92 Å². The van der Waals surface area contributed by atoms with Crippen LogP contribution >= 0.6 is 11.6 Å². The van der Waals surface area contributed by atoms with Gasteiger partial charge < -0.3 is 9.47 Å². The maximum absolute atomic E-state index is 11.6. The van der Waals surface area contributed by atoms with Crippen molar-refractivity contribution in [3.05, 3.63) is 34.9 Å². The fourth-order valence-electron chi connectivity index (χ4n) is 2.03. The third kappa shape index (κ3) is 9.95. The van der Waals surface area contributed by atoms with E-state index in [9.17, 15) is 9.59 Å². The molecule has 1 rings (SSSR count). The lowest BCUT2D eigenvalue weighted by Gasteiger charge is -2.06.